The number of hydrogen-bond donors (Lipinski definition) is 1. The Morgan fingerprint density at radius 1 is 1.21 bits per heavy atom. The van der Waals surface area contributed by atoms with E-state index in [-0.39, 0.29) is 6.04 Å². The van der Waals surface area contributed by atoms with Crippen molar-refractivity contribution in [3.05, 3.63) is 52.7 Å². The molecule has 0 radical (unpaired) electrons. The van der Waals surface area contributed by atoms with Crippen LogP contribution in [0.25, 0.3) is 11.0 Å². The van der Waals surface area contributed by atoms with E-state index in [1.165, 1.54) is 0 Å². The number of benzene rings is 1. The molecule has 3 aromatic rings. The molecule has 19 heavy (non-hydrogen) atoms. The predicted molar refractivity (Wildman–Crippen MR) is 77.2 cm³/mol. The van der Waals surface area contributed by atoms with Gasteiger partial charge < -0.3 is 5.32 Å². The van der Waals surface area contributed by atoms with Crippen molar-refractivity contribution in [1.29, 1.82) is 0 Å². The Hall–Kier alpha value is -1.85. The molecule has 2 heterocycles. The van der Waals surface area contributed by atoms with Crippen molar-refractivity contribution in [3.8, 4) is 0 Å². The molecule has 0 aliphatic carbocycles. The minimum absolute atomic E-state index is 0.142. The topological polar surface area (TPSA) is 50.7 Å². The van der Waals surface area contributed by atoms with Crippen molar-refractivity contribution < 1.29 is 0 Å². The van der Waals surface area contributed by atoms with E-state index >= 15 is 0 Å². The summed E-state index contributed by atoms with van der Waals surface area (Å²) in [5.41, 5.74) is 2.81. The molecule has 0 spiro atoms. The molecule has 1 atom stereocenters. The highest BCUT2D eigenvalue weighted by Crippen LogP contribution is 2.19. The van der Waals surface area contributed by atoms with Gasteiger partial charge >= 0.3 is 0 Å². The molecular weight excluding hydrogens is 256 g/mol. The Bertz CT molecular complexity index is 666. The molecule has 0 aliphatic rings. The van der Waals surface area contributed by atoms with E-state index in [1.807, 2.05) is 49.1 Å². The molecule has 1 aromatic carbocycles. The molecule has 2 aromatic heterocycles. The molecule has 0 aliphatic heterocycles. The first-order valence-corrected chi connectivity index (χ1v) is 7.02. The molecule has 4 nitrogen and oxygen atoms in total. The summed E-state index contributed by atoms with van der Waals surface area (Å²) in [7, 11) is 1.94. The van der Waals surface area contributed by atoms with Crippen LogP contribution in [0.15, 0.2) is 42.0 Å². The van der Waals surface area contributed by atoms with Gasteiger partial charge in [-0.05, 0) is 19.2 Å². The van der Waals surface area contributed by atoms with Gasteiger partial charge in [-0.1, -0.05) is 12.1 Å². The third-order valence-corrected chi connectivity index (χ3v) is 3.84. The zero-order valence-corrected chi connectivity index (χ0v) is 11.4. The van der Waals surface area contributed by atoms with Gasteiger partial charge in [-0.15, -0.1) is 11.3 Å². The van der Waals surface area contributed by atoms with Crippen molar-refractivity contribution in [2.75, 3.05) is 7.05 Å². The molecule has 1 unspecified atom stereocenters. The molecule has 3 rings (SSSR count). The Balaban J connectivity index is 1.92. The fraction of sp³-hybridized carbons (Fsp3) is 0.214. The Morgan fingerprint density at radius 2 is 2.05 bits per heavy atom. The van der Waals surface area contributed by atoms with Gasteiger partial charge in [0, 0.05) is 18.0 Å². The number of fused-ring (bicyclic) bond motifs is 1. The van der Waals surface area contributed by atoms with Crippen molar-refractivity contribution >= 4 is 22.4 Å². The number of nitrogens with zero attached hydrogens (tertiary/aromatic N) is 3. The summed E-state index contributed by atoms with van der Waals surface area (Å²) in [5.74, 6) is 0. The highest BCUT2D eigenvalue weighted by atomic mass is 32.1. The fourth-order valence-corrected chi connectivity index (χ4v) is 2.69. The molecule has 5 heteroatoms. The van der Waals surface area contributed by atoms with Crippen LogP contribution in [0.2, 0.25) is 0 Å². The fourth-order valence-electron chi connectivity index (χ4n) is 2.02. The second kappa shape index (κ2) is 5.42. The lowest BCUT2D eigenvalue weighted by Gasteiger charge is -2.14. The van der Waals surface area contributed by atoms with E-state index in [0.717, 1.165) is 28.2 Å². The lowest BCUT2D eigenvalue weighted by Crippen LogP contribution is -2.20. The highest BCUT2D eigenvalue weighted by molar-refractivity contribution is 7.09. The Kier molecular flexibility index (Phi) is 3.48. The van der Waals surface area contributed by atoms with Crippen LogP contribution in [0.1, 0.15) is 16.7 Å². The van der Waals surface area contributed by atoms with Crippen molar-refractivity contribution in [2.45, 2.75) is 12.5 Å². The maximum absolute atomic E-state index is 4.68. The van der Waals surface area contributed by atoms with Crippen molar-refractivity contribution in [3.63, 3.8) is 0 Å². The zero-order valence-electron chi connectivity index (χ0n) is 10.6. The third kappa shape index (κ3) is 2.62. The van der Waals surface area contributed by atoms with Crippen LogP contribution in [0.4, 0.5) is 0 Å². The maximum atomic E-state index is 4.68. The second-order valence-corrected chi connectivity index (χ2v) is 5.23. The Labute approximate surface area is 115 Å². The number of thiazole rings is 1. The number of rotatable bonds is 4. The van der Waals surface area contributed by atoms with Crippen LogP contribution >= 0.6 is 11.3 Å². The third-order valence-electron chi connectivity index (χ3n) is 3.03. The van der Waals surface area contributed by atoms with Gasteiger partial charge in [0.25, 0.3) is 0 Å². The van der Waals surface area contributed by atoms with Crippen LogP contribution in [0.3, 0.4) is 0 Å². The van der Waals surface area contributed by atoms with E-state index < -0.39 is 0 Å². The molecule has 0 amide bonds. The summed E-state index contributed by atoms with van der Waals surface area (Å²) in [6.07, 6.45) is 4.51. The number of para-hydroxylation sites is 2. The number of aromatic nitrogens is 3. The molecule has 96 valence electrons. The number of nitrogens with one attached hydrogen (secondary N) is 1. The van der Waals surface area contributed by atoms with E-state index in [1.54, 1.807) is 11.3 Å². The average Bonchev–Trinajstić information content (AvgIpc) is 2.97. The first-order chi connectivity index (χ1) is 9.36. The molecular formula is C14H14N4S. The molecule has 0 bridgehead atoms. The minimum Gasteiger partial charge on any atom is -0.311 e. The average molecular weight is 270 g/mol. The Morgan fingerprint density at radius 3 is 2.79 bits per heavy atom. The van der Waals surface area contributed by atoms with E-state index in [2.05, 4.69) is 20.3 Å². The van der Waals surface area contributed by atoms with Crippen LogP contribution in [0, 0.1) is 0 Å². The first-order valence-electron chi connectivity index (χ1n) is 6.14. The monoisotopic (exact) mass is 270 g/mol. The SMILES string of the molecule is CNC(Cc1nccs1)c1cnc2ccccc2n1. The van der Waals surface area contributed by atoms with Crippen LogP contribution in [-0.4, -0.2) is 22.0 Å². The standard InChI is InChI=1S/C14H14N4S/c1-15-12(8-14-16-6-7-19-14)13-9-17-10-4-2-3-5-11(10)18-13/h2-7,9,12,15H,8H2,1H3. The summed E-state index contributed by atoms with van der Waals surface area (Å²) in [5, 5.41) is 6.39. The van der Waals surface area contributed by atoms with Gasteiger partial charge in [0.15, 0.2) is 0 Å². The summed E-state index contributed by atoms with van der Waals surface area (Å²) in [4.78, 5) is 13.5. The van der Waals surface area contributed by atoms with Crippen LogP contribution < -0.4 is 5.32 Å². The molecule has 1 N–H and O–H groups in total. The van der Waals surface area contributed by atoms with Gasteiger partial charge in [-0.25, -0.2) is 9.97 Å². The minimum atomic E-state index is 0.142. The zero-order chi connectivity index (χ0) is 13.1. The summed E-state index contributed by atoms with van der Waals surface area (Å²) in [6, 6.07) is 8.06. The molecule has 0 saturated heterocycles. The normalized spacial score (nSPS) is 12.7. The van der Waals surface area contributed by atoms with Gasteiger partial charge in [0.1, 0.15) is 0 Å². The van der Waals surface area contributed by atoms with E-state index in [0.29, 0.717) is 0 Å². The van der Waals surface area contributed by atoms with E-state index in [9.17, 15) is 0 Å². The summed E-state index contributed by atoms with van der Waals surface area (Å²) >= 11 is 1.67. The first kappa shape index (κ1) is 12.2. The van der Waals surface area contributed by atoms with Gasteiger partial charge in [-0.2, -0.15) is 0 Å². The lowest BCUT2D eigenvalue weighted by atomic mass is 10.1. The highest BCUT2D eigenvalue weighted by Gasteiger charge is 2.14. The number of hydrogen-bond acceptors (Lipinski definition) is 5. The second-order valence-electron chi connectivity index (χ2n) is 4.25. The number of likely N-dealkylation sites (N-methyl/N-ethyl adjacent to an activating group) is 1. The van der Waals surface area contributed by atoms with E-state index in [4.69, 9.17) is 0 Å². The van der Waals surface area contributed by atoms with Gasteiger partial charge in [0.2, 0.25) is 0 Å². The maximum Gasteiger partial charge on any atom is 0.0944 e. The summed E-state index contributed by atoms with van der Waals surface area (Å²) < 4.78 is 0. The quantitative estimate of drug-likeness (QED) is 0.791. The van der Waals surface area contributed by atoms with Gasteiger partial charge in [0.05, 0.1) is 34.0 Å². The molecule has 0 fully saturated rings. The lowest BCUT2D eigenvalue weighted by molar-refractivity contribution is 0.574. The molecule has 0 saturated carbocycles. The summed E-state index contributed by atoms with van der Waals surface area (Å²) in [6.45, 7) is 0. The van der Waals surface area contributed by atoms with Gasteiger partial charge in [-0.3, -0.25) is 4.98 Å². The smallest absolute Gasteiger partial charge is 0.0944 e. The predicted octanol–water partition coefficient (Wildman–Crippen LogP) is 2.59. The van der Waals surface area contributed by atoms with Crippen molar-refractivity contribution in [2.24, 2.45) is 0 Å². The van der Waals surface area contributed by atoms with Crippen molar-refractivity contribution in [1.82, 2.24) is 20.3 Å². The largest absolute Gasteiger partial charge is 0.311 e. The van der Waals surface area contributed by atoms with Crippen LogP contribution in [0.5, 0.6) is 0 Å². The van der Waals surface area contributed by atoms with Crippen LogP contribution in [-0.2, 0) is 6.42 Å².